The Bertz CT molecular complexity index is 509. The predicted octanol–water partition coefficient (Wildman–Crippen LogP) is 3.78. The first-order valence-electron chi connectivity index (χ1n) is 5.38. The van der Waals surface area contributed by atoms with Crippen LogP contribution in [0.15, 0.2) is 53.7 Å². The summed E-state index contributed by atoms with van der Waals surface area (Å²) in [7, 11) is 9.72. The van der Waals surface area contributed by atoms with Crippen LogP contribution in [0.3, 0.4) is 0 Å². The van der Waals surface area contributed by atoms with Crippen molar-refractivity contribution in [2.75, 3.05) is 0 Å². The van der Waals surface area contributed by atoms with E-state index in [2.05, 4.69) is 9.98 Å². The Balaban J connectivity index is 0.000000550. The molecule has 6 heteroatoms. The van der Waals surface area contributed by atoms with Crippen molar-refractivity contribution in [2.45, 2.75) is 6.54 Å². The molecule has 0 fully saturated rings. The Hall–Kier alpha value is -0.996. The summed E-state index contributed by atoms with van der Waals surface area (Å²) in [4.78, 5) is 8.38. The summed E-state index contributed by atoms with van der Waals surface area (Å²) in [6, 6.07) is 12.8. The third-order valence-electron chi connectivity index (χ3n) is 2.15. The normalized spacial score (nSPS) is 9.79. The van der Waals surface area contributed by atoms with Gasteiger partial charge in [0.2, 0.25) is 0 Å². The van der Waals surface area contributed by atoms with E-state index < -0.39 is 0 Å². The monoisotopic (exact) mass is 333 g/mol. The fourth-order valence-electron chi connectivity index (χ4n) is 1.33. The average molecular weight is 334 g/mol. The molecule has 1 aromatic heterocycles. The fourth-order valence-corrected chi connectivity index (χ4v) is 1.33. The predicted molar refractivity (Wildman–Crippen MR) is 75.3 cm³/mol. The number of pyridine rings is 1. The van der Waals surface area contributed by atoms with Crippen molar-refractivity contribution in [1.29, 1.82) is 0 Å². The number of phenolic OH excluding ortho intramolecular Hbond substituents is 1. The number of hydrogen-bond donors (Lipinski definition) is 1. The second-order valence-corrected chi connectivity index (χ2v) is 5.72. The van der Waals surface area contributed by atoms with Gasteiger partial charge in [-0.25, -0.2) is 0 Å². The van der Waals surface area contributed by atoms with Crippen LogP contribution >= 0.6 is 19.7 Å². The van der Waals surface area contributed by atoms with Crippen molar-refractivity contribution in [2.24, 2.45) is 4.99 Å². The number of hydrogen-bond acceptors (Lipinski definition) is 3. The Morgan fingerprint density at radius 3 is 2.47 bits per heavy atom. The van der Waals surface area contributed by atoms with Gasteiger partial charge in [0.15, 0.2) is 0 Å². The van der Waals surface area contributed by atoms with Gasteiger partial charge in [0, 0.05) is 18.0 Å². The summed E-state index contributed by atoms with van der Waals surface area (Å²) in [5, 5.41) is 9.50. The van der Waals surface area contributed by atoms with Crippen LogP contribution in [0.4, 0.5) is 0 Å². The van der Waals surface area contributed by atoms with Gasteiger partial charge >= 0.3 is 34.1 Å². The molecule has 2 rings (SSSR count). The third kappa shape index (κ3) is 6.64. The van der Waals surface area contributed by atoms with E-state index in [0.717, 1.165) is 11.3 Å². The summed E-state index contributed by atoms with van der Waals surface area (Å²) in [6.45, 7) is 0.523. The van der Waals surface area contributed by atoms with Crippen molar-refractivity contribution < 1.29 is 19.5 Å². The van der Waals surface area contributed by atoms with Crippen molar-refractivity contribution in [3.8, 4) is 5.75 Å². The molecular formula is C13H12Cl2N2OV. The number of aromatic nitrogens is 1. The van der Waals surface area contributed by atoms with E-state index in [-0.39, 0.29) is 20.1 Å². The van der Waals surface area contributed by atoms with E-state index >= 15 is 0 Å². The zero-order valence-corrected chi connectivity index (χ0v) is 12.9. The molecule has 0 saturated carbocycles. The van der Waals surface area contributed by atoms with Gasteiger partial charge in [-0.05, 0) is 24.3 Å². The van der Waals surface area contributed by atoms with Gasteiger partial charge in [0.25, 0.3) is 0 Å². The number of aliphatic imine (C=N–C) groups is 1. The molecule has 0 atom stereocenters. The van der Waals surface area contributed by atoms with Crippen molar-refractivity contribution >= 4 is 25.9 Å². The molecule has 1 heterocycles. The molecule has 0 aliphatic carbocycles. The molecule has 3 nitrogen and oxygen atoms in total. The molecule has 0 aliphatic heterocycles. The summed E-state index contributed by atoms with van der Waals surface area (Å²) in [5.74, 6) is 0.243. The molecule has 1 aromatic carbocycles. The summed E-state index contributed by atoms with van der Waals surface area (Å²) in [6.07, 6.45) is 3.40. The van der Waals surface area contributed by atoms with Gasteiger partial charge in [0.1, 0.15) is 5.75 Å². The van der Waals surface area contributed by atoms with Crippen LogP contribution in [0.5, 0.6) is 5.75 Å². The third-order valence-corrected chi connectivity index (χ3v) is 2.15. The van der Waals surface area contributed by atoms with Gasteiger partial charge < -0.3 is 5.11 Å². The Kier molecular flexibility index (Phi) is 8.34. The van der Waals surface area contributed by atoms with E-state index in [1.54, 1.807) is 24.5 Å². The standard InChI is InChI=1S/C13H12N2O.2ClH.V/c16-13-7-2-1-5-11(13)9-14-10-12-6-3-4-8-15-12;;;/h1-9,16H,10H2;2*1H;/q;;;+2/p-2. The van der Waals surface area contributed by atoms with Gasteiger partial charge in [-0.2, -0.15) is 0 Å². The molecule has 0 saturated heterocycles. The van der Waals surface area contributed by atoms with Gasteiger partial charge in [-0.1, -0.05) is 18.2 Å². The molecule has 1 N–H and O–H groups in total. The molecule has 2 aromatic rings. The van der Waals surface area contributed by atoms with E-state index in [1.807, 2.05) is 30.3 Å². The molecule has 0 bridgehead atoms. The number of phenols is 1. The Morgan fingerprint density at radius 1 is 1.16 bits per heavy atom. The molecule has 0 radical (unpaired) electrons. The zero-order valence-electron chi connectivity index (χ0n) is 9.95. The summed E-state index contributed by atoms with van der Waals surface area (Å²) >= 11 is -0.368. The molecule has 99 valence electrons. The van der Waals surface area contributed by atoms with Crippen LogP contribution in [0.1, 0.15) is 11.3 Å². The fraction of sp³-hybridized carbons (Fsp3) is 0.0769. The second-order valence-electron chi connectivity index (χ2n) is 3.41. The first-order valence-corrected chi connectivity index (χ1v) is 9.22. The number of halogens is 2. The Labute approximate surface area is 127 Å². The SMILES string of the molecule is Oc1ccccc1C=NCc1ccccn1.[Cl][V][Cl]. The van der Waals surface area contributed by atoms with Crippen molar-refractivity contribution in [3.63, 3.8) is 0 Å². The maximum atomic E-state index is 9.50. The molecule has 0 unspecified atom stereocenters. The van der Waals surface area contributed by atoms with Crippen LogP contribution in [0.2, 0.25) is 0 Å². The zero-order chi connectivity index (χ0) is 13.9. The Morgan fingerprint density at radius 2 is 1.84 bits per heavy atom. The second kappa shape index (κ2) is 9.87. The molecule has 0 spiro atoms. The quantitative estimate of drug-likeness (QED) is 0.869. The molecular weight excluding hydrogens is 322 g/mol. The van der Waals surface area contributed by atoms with Crippen LogP contribution in [0, 0.1) is 0 Å². The van der Waals surface area contributed by atoms with Crippen LogP contribution in [-0.2, 0) is 20.9 Å². The first-order chi connectivity index (χ1) is 9.27. The van der Waals surface area contributed by atoms with Crippen molar-refractivity contribution in [3.05, 3.63) is 59.9 Å². The van der Waals surface area contributed by atoms with E-state index in [9.17, 15) is 5.11 Å². The molecule has 19 heavy (non-hydrogen) atoms. The maximum absolute atomic E-state index is 9.50. The van der Waals surface area contributed by atoms with Gasteiger partial charge in [-0.3, -0.25) is 9.98 Å². The first kappa shape index (κ1) is 16.1. The number of para-hydroxylation sites is 1. The summed E-state index contributed by atoms with van der Waals surface area (Å²) < 4.78 is 0. The average Bonchev–Trinajstić information content (AvgIpc) is 2.43. The van der Waals surface area contributed by atoms with Gasteiger partial charge in [-0.15, -0.1) is 0 Å². The van der Waals surface area contributed by atoms with E-state index in [4.69, 9.17) is 19.7 Å². The number of nitrogens with zero attached hydrogens (tertiary/aromatic N) is 2. The minimum atomic E-state index is -0.368. The van der Waals surface area contributed by atoms with Crippen LogP contribution in [0.25, 0.3) is 0 Å². The van der Waals surface area contributed by atoms with Gasteiger partial charge in [0.05, 0.1) is 12.2 Å². The number of benzene rings is 1. The van der Waals surface area contributed by atoms with E-state index in [1.165, 1.54) is 0 Å². The topological polar surface area (TPSA) is 45.5 Å². The molecule has 0 amide bonds. The van der Waals surface area contributed by atoms with Crippen LogP contribution in [-0.4, -0.2) is 16.3 Å². The van der Waals surface area contributed by atoms with Crippen molar-refractivity contribution in [1.82, 2.24) is 4.98 Å². The molecule has 0 aliphatic rings. The summed E-state index contributed by atoms with van der Waals surface area (Å²) in [5.41, 5.74) is 1.63. The number of rotatable bonds is 3. The van der Waals surface area contributed by atoms with E-state index in [0.29, 0.717) is 6.54 Å². The van der Waals surface area contributed by atoms with Crippen LogP contribution < -0.4 is 0 Å². The number of aromatic hydroxyl groups is 1. The minimum absolute atomic E-state index is 0.243.